The fourth-order valence-electron chi connectivity index (χ4n) is 4.16. The van der Waals surface area contributed by atoms with Gasteiger partial charge in [0.15, 0.2) is 5.76 Å². The average molecular weight is 515 g/mol. The Bertz CT molecular complexity index is 1390. The number of carbonyl (C=O) groups is 2. The zero-order valence-electron chi connectivity index (χ0n) is 21.5. The summed E-state index contributed by atoms with van der Waals surface area (Å²) in [7, 11) is 0. The number of anilines is 1. The van der Waals surface area contributed by atoms with Crippen molar-refractivity contribution in [2.45, 2.75) is 45.1 Å². The van der Waals surface area contributed by atoms with Crippen LogP contribution in [-0.2, 0) is 10.3 Å². The summed E-state index contributed by atoms with van der Waals surface area (Å²) < 4.78 is 11.1. The second-order valence-corrected chi connectivity index (χ2v) is 9.61. The van der Waals surface area contributed by atoms with Crippen LogP contribution < -0.4 is 5.32 Å². The number of aryl methyl sites for hydroxylation is 1. The number of amides is 1. The lowest BCUT2D eigenvalue weighted by Gasteiger charge is -2.25. The highest BCUT2D eigenvalue weighted by atomic mass is 16.6. The predicted molar refractivity (Wildman–Crippen MR) is 144 cm³/mol. The Morgan fingerprint density at radius 3 is 1.97 bits per heavy atom. The maximum atomic E-state index is 12.8. The third-order valence-corrected chi connectivity index (χ3v) is 6.36. The van der Waals surface area contributed by atoms with Gasteiger partial charge in [-0.05, 0) is 61.8 Å². The monoisotopic (exact) mass is 514 g/mol. The summed E-state index contributed by atoms with van der Waals surface area (Å²) in [5, 5.41) is 21.0. The van der Waals surface area contributed by atoms with Gasteiger partial charge in [0.2, 0.25) is 0 Å². The molecule has 1 aliphatic carbocycles. The first-order valence-electron chi connectivity index (χ1n) is 12.3. The van der Waals surface area contributed by atoms with Gasteiger partial charge < -0.3 is 19.5 Å². The largest absolute Gasteiger partial charge is 0.503 e. The highest BCUT2D eigenvalue weighted by Crippen LogP contribution is 2.40. The second kappa shape index (κ2) is 11.2. The predicted octanol–water partition coefficient (Wildman–Crippen LogP) is 7.90. The standard InChI is InChI=1S/C29H28N2O3.CH2O3/c1-19-26(30-28(32)33-29(2,3)25-7-5-4-6-8-25)27(31-34-19)24-17-15-23(16-18-24)22-13-11-21(12-14-22)20-9-10-20;2-1(3)4/h4-8,11-18,20H,9-10H2,1-3H3,(H,30,32);(H2,2,3,4). The van der Waals surface area contributed by atoms with Crippen molar-refractivity contribution in [2.24, 2.45) is 0 Å². The summed E-state index contributed by atoms with van der Waals surface area (Å²) in [5.74, 6) is 1.27. The third-order valence-electron chi connectivity index (χ3n) is 6.36. The van der Waals surface area contributed by atoms with E-state index < -0.39 is 17.8 Å². The van der Waals surface area contributed by atoms with Gasteiger partial charge in [-0.2, -0.15) is 0 Å². The molecule has 8 heteroatoms. The lowest BCUT2D eigenvalue weighted by molar-refractivity contribution is 0.0466. The van der Waals surface area contributed by atoms with Crippen molar-refractivity contribution in [1.29, 1.82) is 0 Å². The number of rotatable bonds is 6. The Balaban J connectivity index is 0.000000786. The second-order valence-electron chi connectivity index (χ2n) is 9.61. The first-order valence-corrected chi connectivity index (χ1v) is 12.3. The molecule has 1 saturated carbocycles. The number of carboxylic acid groups (broad SMARTS) is 2. The van der Waals surface area contributed by atoms with Crippen molar-refractivity contribution in [2.75, 3.05) is 5.32 Å². The highest BCUT2D eigenvalue weighted by molar-refractivity contribution is 5.91. The molecular formula is C30H30N2O6. The van der Waals surface area contributed by atoms with Crippen LogP contribution >= 0.6 is 0 Å². The van der Waals surface area contributed by atoms with Crippen molar-refractivity contribution in [3.8, 4) is 22.4 Å². The van der Waals surface area contributed by atoms with E-state index in [2.05, 4.69) is 46.9 Å². The van der Waals surface area contributed by atoms with E-state index in [1.54, 1.807) is 6.92 Å². The number of nitrogens with one attached hydrogen (secondary N) is 1. The van der Waals surface area contributed by atoms with Gasteiger partial charge in [-0.1, -0.05) is 84.0 Å². The quantitative estimate of drug-likeness (QED) is 0.239. The fourth-order valence-corrected chi connectivity index (χ4v) is 4.16. The van der Waals surface area contributed by atoms with Crippen LogP contribution in [0.15, 0.2) is 83.4 Å². The zero-order valence-corrected chi connectivity index (χ0v) is 21.5. The third kappa shape index (κ3) is 6.59. The molecule has 0 atom stereocenters. The summed E-state index contributed by atoms with van der Waals surface area (Å²) in [6, 6.07) is 26.6. The molecule has 3 N–H and O–H groups in total. The van der Waals surface area contributed by atoms with E-state index in [4.69, 9.17) is 24.3 Å². The molecular weight excluding hydrogens is 484 g/mol. The van der Waals surface area contributed by atoms with Crippen LogP contribution in [0.5, 0.6) is 0 Å². The minimum atomic E-state index is -1.83. The van der Waals surface area contributed by atoms with Crippen molar-refractivity contribution >= 4 is 17.9 Å². The van der Waals surface area contributed by atoms with Gasteiger partial charge in [-0.15, -0.1) is 0 Å². The van der Waals surface area contributed by atoms with Gasteiger partial charge in [0.05, 0.1) is 0 Å². The lowest BCUT2D eigenvalue weighted by atomic mass is 9.98. The molecule has 1 fully saturated rings. The van der Waals surface area contributed by atoms with Crippen LogP contribution in [0, 0.1) is 6.92 Å². The van der Waals surface area contributed by atoms with Crippen LogP contribution in [0.4, 0.5) is 15.3 Å². The molecule has 1 aliphatic rings. The Hall–Kier alpha value is -4.59. The van der Waals surface area contributed by atoms with Crippen LogP contribution in [-0.4, -0.2) is 27.6 Å². The summed E-state index contributed by atoms with van der Waals surface area (Å²) in [6.07, 6.45) is 0.214. The molecule has 1 heterocycles. The van der Waals surface area contributed by atoms with E-state index in [1.807, 2.05) is 56.3 Å². The van der Waals surface area contributed by atoms with Crippen LogP contribution in [0.2, 0.25) is 0 Å². The molecule has 0 radical (unpaired) electrons. The molecule has 0 unspecified atom stereocenters. The Kier molecular flexibility index (Phi) is 7.81. The molecule has 1 amide bonds. The van der Waals surface area contributed by atoms with E-state index in [1.165, 1.54) is 24.0 Å². The highest BCUT2D eigenvalue weighted by Gasteiger charge is 2.27. The minimum Gasteiger partial charge on any atom is -0.450 e. The molecule has 38 heavy (non-hydrogen) atoms. The molecule has 0 spiro atoms. The fraction of sp³-hybridized carbons (Fsp3) is 0.233. The Morgan fingerprint density at radius 1 is 0.895 bits per heavy atom. The number of hydrogen-bond donors (Lipinski definition) is 3. The molecule has 8 nitrogen and oxygen atoms in total. The van der Waals surface area contributed by atoms with Gasteiger partial charge in [0.1, 0.15) is 17.0 Å². The molecule has 0 bridgehead atoms. The van der Waals surface area contributed by atoms with Crippen LogP contribution in [0.1, 0.15) is 49.5 Å². The number of ether oxygens (including phenoxy) is 1. The first-order chi connectivity index (χ1) is 18.1. The summed E-state index contributed by atoms with van der Waals surface area (Å²) in [5.41, 5.74) is 5.80. The first kappa shape index (κ1) is 26.5. The normalized spacial score (nSPS) is 12.7. The summed E-state index contributed by atoms with van der Waals surface area (Å²) >= 11 is 0. The maximum absolute atomic E-state index is 12.8. The van der Waals surface area contributed by atoms with E-state index in [-0.39, 0.29) is 0 Å². The SMILES string of the molecule is Cc1onc(-c2ccc(-c3ccc(C4CC4)cc3)cc2)c1NC(=O)OC(C)(C)c1ccccc1.O=C(O)O. The van der Waals surface area contributed by atoms with Gasteiger partial charge >= 0.3 is 12.2 Å². The van der Waals surface area contributed by atoms with Gasteiger partial charge in [-0.3, -0.25) is 5.32 Å². The van der Waals surface area contributed by atoms with Gasteiger partial charge in [0.25, 0.3) is 0 Å². The smallest absolute Gasteiger partial charge is 0.450 e. The molecule has 3 aromatic carbocycles. The minimum absolute atomic E-state index is 0.510. The summed E-state index contributed by atoms with van der Waals surface area (Å²) in [6.45, 7) is 5.49. The van der Waals surface area contributed by atoms with Crippen LogP contribution in [0.3, 0.4) is 0 Å². The number of carbonyl (C=O) groups excluding carboxylic acids is 1. The molecule has 5 rings (SSSR count). The van der Waals surface area contributed by atoms with Gasteiger partial charge in [-0.25, -0.2) is 9.59 Å². The van der Waals surface area contributed by atoms with Crippen molar-refractivity contribution < 1.29 is 29.1 Å². The maximum Gasteiger partial charge on any atom is 0.503 e. The molecule has 1 aromatic heterocycles. The molecule has 0 saturated heterocycles. The zero-order chi connectivity index (χ0) is 27.3. The Labute approximate surface area is 220 Å². The van der Waals surface area contributed by atoms with Crippen LogP contribution in [0.25, 0.3) is 22.4 Å². The topological polar surface area (TPSA) is 122 Å². The number of hydrogen-bond acceptors (Lipinski definition) is 5. The number of aromatic nitrogens is 1. The van der Waals surface area contributed by atoms with E-state index in [0.29, 0.717) is 17.1 Å². The number of benzene rings is 3. The molecule has 0 aliphatic heterocycles. The average Bonchev–Trinajstić information content (AvgIpc) is 3.68. The molecule has 4 aromatic rings. The number of nitrogens with zero attached hydrogens (tertiary/aromatic N) is 1. The van der Waals surface area contributed by atoms with Crippen molar-refractivity contribution in [3.05, 3.63) is 95.7 Å². The van der Waals surface area contributed by atoms with E-state index >= 15 is 0 Å². The van der Waals surface area contributed by atoms with E-state index in [9.17, 15) is 4.79 Å². The summed E-state index contributed by atoms with van der Waals surface area (Å²) in [4.78, 5) is 21.3. The molecule has 196 valence electrons. The van der Waals surface area contributed by atoms with Crippen molar-refractivity contribution in [3.63, 3.8) is 0 Å². The Morgan fingerprint density at radius 2 is 1.42 bits per heavy atom. The lowest BCUT2D eigenvalue weighted by Crippen LogP contribution is -2.28. The van der Waals surface area contributed by atoms with Gasteiger partial charge in [0, 0.05) is 5.56 Å². The van der Waals surface area contributed by atoms with E-state index in [0.717, 1.165) is 22.6 Å². The van der Waals surface area contributed by atoms with Crippen molar-refractivity contribution in [1.82, 2.24) is 5.16 Å².